The first-order valence-corrected chi connectivity index (χ1v) is 21.3. The molecule has 0 aliphatic carbocycles. The van der Waals surface area contributed by atoms with Gasteiger partial charge in [-0.3, -0.25) is 29.8 Å². The van der Waals surface area contributed by atoms with Crippen molar-refractivity contribution in [3.05, 3.63) is 175 Å². The van der Waals surface area contributed by atoms with E-state index in [1.54, 1.807) is 34.8 Å². The minimum absolute atomic E-state index is 0.00344. The summed E-state index contributed by atoms with van der Waals surface area (Å²) in [6.07, 6.45) is 2.56. The summed E-state index contributed by atoms with van der Waals surface area (Å²) in [6, 6.07) is 33.1. The quantitative estimate of drug-likeness (QED) is 0.0672. The number of nitrogens with two attached hydrogens (primary N) is 1. The molecular formula is C46H37ClF2N6O7S2. The molecule has 1 aliphatic rings. The minimum Gasteiger partial charge on any atom is -0.399 e. The molecule has 6 aromatic carbocycles. The molecule has 0 spiro atoms. The average Bonchev–Trinajstić information content (AvgIpc) is 4.08. The highest BCUT2D eigenvalue weighted by Crippen LogP contribution is 2.33. The Bertz CT molecular complexity index is 2970. The average molecular weight is 923 g/mol. The number of nitro benzene ring substituents is 2. The number of thiazole rings is 2. The first-order chi connectivity index (χ1) is 30.6. The van der Waals surface area contributed by atoms with Crippen LogP contribution in [0.25, 0.3) is 41.6 Å². The number of hydrogen-bond acceptors (Lipinski definition) is 12. The van der Waals surface area contributed by atoms with Crippen molar-refractivity contribution in [2.24, 2.45) is 0 Å². The third-order valence-electron chi connectivity index (χ3n) is 9.24. The Hall–Kier alpha value is -7.05. The van der Waals surface area contributed by atoms with Crippen LogP contribution in [0.3, 0.4) is 0 Å². The van der Waals surface area contributed by atoms with E-state index >= 15 is 0 Å². The monoisotopic (exact) mass is 922 g/mol. The zero-order chi connectivity index (χ0) is 45.9. The summed E-state index contributed by atoms with van der Waals surface area (Å²) in [6.45, 7) is 6.13. The van der Waals surface area contributed by atoms with Crippen LogP contribution in [0.4, 0.5) is 31.5 Å². The number of anilines is 2. The van der Waals surface area contributed by atoms with Gasteiger partial charge in [0.2, 0.25) is 11.6 Å². The van der Waals surface area contributed by atoms with E-state index in [1.807, 2.05) is 55.5 Å². The van der Waals surface area contributed by atoms with Gasteiger partial charge >= 0.3 is 11.4 Å². The maximum Gasteiger partial charge on any atom is 0.305 e. The summed E-state index contributed by atoms with van der Waals surface area (Å²) in [5.41, 5.74) is 11.9. The maximum absolute atomic E-state index is 13.4. The predicted molar refractivity (Wildman–Crippen MR) is 248 cm³/mol. The van der Waals surface area contributed by atoms with Gasteiger partial charge in [-0.05, 0) is 146 Å². The van der Waals surface area contributed by atoms with Crippen LogP contribution < -0.4 is 11.1 Å². The van der Waals surface area contributed by atoms with Crippen molar-refractivity contribution < 1.29 is 33.0 Å². The molecule has 64 heavy (non-hydrogen) atoms. The number of aryl methyl sites for hydroxylation is 2. The first kappa shape index (κ1) is 46.5. The van der Waals surface area contributed by atoms with Gasteiger partial charge in [-0.25, -0.2) is 9.97 Å². The molecule has 2 aromatic heterocycles. The van der Waals surface area contributed by atoms with Crippen molar-refractivity contribution in [3.8, 4) is 21.1 Å². The number of carbonyl (C=O) groups is 2. The number of amides is 1. The van der Waals surface area contributed by atoms with E-state index < -0.39 is 44.0 Å². The van der Waals surface area contributed by atoms with Crippen molar-refractivity contribution in [3.63, 3.8) is 0 Å². The van der Waals surface area contributed by atoms with Crippen LogP contribution in [0.1, 0.15) is 44.7 Å². The van der Waals surface area contributed by atoms with Gasteiger partial charge in [0.1, 0.15) is 10.0 Å². The smallest absolute Gasteiger partial charge is 0.305 e. The second-order valence-electron chi connectivity index (χ2n) is 14.1. The number of aromatic nitrogens is 2. The molecule has 1 aliphatic heterocycles. The van der Waals surface area contributed by atoms with Crippen molar-refractivity contribution in [2.45, 2.75) is 26.7 Å². The number of carbonyl (C=O) groups excluding carboxylic acids is 2. The van der Waals surface area contributed by atoms with Crippen molar-refractivity contribution in [1.82, 2.24) is 9.97 Å². The lowest BCUT2D eigenvalue weighted by molar-refractivity contribution is -0.387. The van der Waals surface area contributed by atoms with E-state index in [9.17, 15) is 38.6 Å². The molecule has 326 valence electrons. The molecule has 3 N–H and O–H groups in total. The molecule has 1 fully saturated rings. The topological polar surface area (TPSA) is 193 Å². The SMILES string of the molecule is C1CCOC1.Cc1ccc2nc(-c3ccc(N)cc3)sc2c1.Cc1ccc2nc(-c3ccc(NC(=O)c4ccc(F)c([N+](=O)[O-])c4)cc3)sc2c1.O=C(Cl)c1ccc(F)c([N+](=O)[O-])c1. The number of fused-ring (bicyclic) bond motifs is 2. The van der Waals surface area contributed by atoms with E-state index in [-0.39, 0.29) is 11.1 Å². The number of rotatable bonds is 7. The number of nitrogen functional groups attached to an aromatic ring is 1. The highest BCUT2D eigenvalue weighted by atomic mass is 35.5. The Morgan fingerprint density at radius 3 is 1.56 bits per heavy atom. The second-order valence-corrected chi connectivity index (χ2v) is 16.5. The zero-order valence-corrected chi connectivity index (χ0v) is 36.4. The molecule has 18 heteroatoms. The molecule has 0 saturated carbocycles. The van der Waals surface area contributed by atoms with Gasteiger partial charge in [0, 0.05) is 59.0 Å². The largest absolute Gasteiger partial charge is 0.399 e. The highest BCUT2D eigenvalue weighted by molar-refractivity contribution is 7.22. The van der Waals surface area contributed by atoms with Gasteiger partial charge < -0.3 is 15.8 Å². The zero-order valence-electron chi connectivity index (χ0n) is 34.0. The van der Waals surface area contributed by atoms with Crippen LogP contribution in [0, 0.1) is 45.7 Å². The number of hydrogen-bond donors (Lipinski definition) is 2. The van der Waals surface area contributed by atoms with Gasteiger partial charge in [-0.2, -0.15) is 8.78 Å². The fraction of sp³-hybridized carbons (Fsp3) is 0.130. The fourth-order valence-electron chi connectivity index (χ4n) is 5.91. The first-order valence-electron chi connectivity index (χ1n) is 19.3. The third-order valence-corrected chi connectivity index (χ3v) is 11.6. The molecule has 1 amide bonds. The van der Waals surface area contributed by atoms with E-state index in [0.717, 1.165) is 86.1 Å². The van der Waals surface area contributed by atoms with Gasteiger partial charge in [-0.1, -0.05) is 12.1 Å². The molecule has 0 radical (unpaired) electrons. The van der Waals surface area contributed by atoms with E-state index in [0.29, 0.717) is 5.69 Å². The molecule has 8 aromatic rings. The molecule has 0 unspecified atom stereocenters. The van der Waals surface area contributed by atoms with E-state index in [2.05, 4.69) is 46.5 Å². The Balaban J connectivity index is 0.000000163. The Morgan fingerprint density at radius 1 is 0.672 bits per heavy atom. The molecule has 0 atom stereocenters. The minimum atomic E-state index is -0.994. The Labute approximate surface area is 377 Å². The predicted octanol–water partition coefficient (Wildman–Crippen LogP) is 12.3. The number of halogens is 3. The summed E-state index contributed by atoms with van der Waals surface area (Å²) in [5.74, 6) is -2.54. The Kier molecular flexibility index (Phi) is 15.5. The molecule has 9 rings (SSSR count). The van der Waals surface area contributed by atoms with Crippen LogP contribution in [0.2, 0.25) is 0 Å². The van der Waals surface area contributed by atoms with E-state index in [4.69, 9.17) is 22.1 Å². The van der Waals surface area contributed by atoms with Gasteiger partial charge in [0.25, 0.3) is 11.1 Å². The normalized spacial score (nSPS) is 11.6. The lowest BCUT2D eigenvalue weighted by Gasteiger charge is -2.06. The highest BCUT2D eigenvalue weighted by Gasteiger charge is 2.18. The molecular weight excluding hydrogens is 886 g/mol. The second kappa shape index (κ2) is 21.4. The number of nitrogens with zero attached hydrogens (tertiary/aromatic N) is 4. The summed E-state index contributed by atoms with van der Waals surface area (Å²) in [5, 5.41) is 24.8. The lowest BCUT2D eigenvalue weighted by atomic mass is 10.1. The molecule has 3 heterocycles. The Morgan fingerprint density at radius 2 is 1.12 bits per heavy atom. The lowest BCUT2D eigenvalue weighted by Crippen LogP contribution is -2.12. The van der Waals surface area contributed by atoms with Crippen molar-refractivity contribution >= 4 is 88.6 Å². The van der Waals surface area contributed by atoms with Crippen LogP contribution in [-0.4, -0.2) is 44.2 Å². The van der Waals surface area contributed by atoms with Crippen LogP contribution >= 0.6 is 34.3 Å². The van der Waals surface area contributed by atoms with E-state index in [1.165, 1.54) is 34.7 Å². The molecule has 0 bridgehead atoms. The van der Waals surface area contributed by atoms with Crippen molar-refractivity contribution in [1.29, 1.82) is 0 Å². The van der Waals surface area contributed by atoms with Crippen LogP contribution in [0.15, 0.2) is 121 Å². The summed E-state index contributed by atoms with van der Waals surface area (Å²) in [4.78, 5) is 51.4. The third kappa shape index (κ3) is 12.3. The number of ether oxygens (including phenoxy) is 1. The summed E-state index contributed by atoms with van der Waals surface area (Å²) < 4.78 is 33.4. The molecule has 1 saturated heterocycles. The van der Waals surface area contributed by atoms with Crippen LogP contribution in [0.5, 0.6) is 0 Å². The number of benzene rings is 6. The number of nitrogens with one attached hydrogen (secondary N) is 1. The van der Waals surface area contributed by atoms with Crippen LogP contribution in [-0.2, 0) is 4.74 Å². The maximum atomic E-state index is 13.4. The molecule has 13 nitrogen and oxygen atoms in total. The van der Waals surface area contributed by atoms with Gasteiger partial charge in [0.15, 0.2) is 0 Å². The summed E-state index contributed by atoms with van der Waals surface area (Å²) >= 11 is 8.36. The standard InChI is InChI=1S/C21H14FN3O3S.C14H12N2S.C7H3ClFNO3.C4H8O/c1-12-2-9-17-19(10-12)29-21(24-17)13-3-6-15(7-4-13)23-20(26)14-5-8-16(22)18(11-14)25(27)28;1-9-2-7-12-13(8-9)17-14(16-12)10-3-5-11(15)6-4-10;8-7(11)4-1-2-5(9)6(3-4)10(12)13;1-2-4-5-3-1/h2-11H,1H3,(H,23,26);2-8H,15H2,1H3;1-3H;1-4H2. The van der Waals surface area contributed by atoms with Gasteiger partial charge in [0.05, 0.1) is 30.3 Å². The summed E-state index contributed by atoms with van der Waals surface area (Å²) in [7, 11) is 0. The van der Waals surface area contributed by atoms with Gasteiger partial charge in [-0.15, -0.1) is 22.7 Å². The fourth-order valence-corrected chi connectivity index (χ4v) is 8.17. The van der Waals surface area contributed by atoms with Crippen molar-refractivity contribution in [2.75, 3.05) is 24.3 Å². The number of nitro groups is 2.